The summed E-state index contributed by atoms with van der Waals surface area (Å²) < 4.78 is 28.9. The van der Waals surface area contributed by atoms with E-state index in [1.54, 1.807) is 33.3 Å². The van der Waals surface area contributed by atoms with Crippen LogP contribution in [0.25, 0.3) is 0 Å². The maximum Gasteiger partial charge on any atom is 0.261 e. The Morgan fingerprint density at radius 1 is 1.12 bits per heavy atom. The molecule has 0 aromatic heterocycles. The molecular weight excluding hydrogens is 349 g/mol. The number of carbonyl (C=O) groups excluding carboxylic acids is 1. The van der Waals surface area contributed by atoms with Gasteiger partial charge in [0, 0.05) is 6.54 Å². The van der Waals surface area contributed by atoms with E-state index in [2.05, 4.69) is 5.32 Å². The monoisotopic (exact) mass is 367 g/mol. The molecule has 2 aromatic carbocycles. The van der Waals surface area contributed by atoms with Crippen LogP contribution in [0.1, 0.15) is 12.5 Å². The van der Waals surface area contributed by atoms with Crippen LogP contribution < -0.4 is 19.5 Å². The minimum Gasteiger partial charge on any atom is -0.493 e. The first-order valence-electron chi connectivity index (χ1n) is 7.55. The quantitative estimate of drug-likeness (QED) is 0.812. The summed E-state index contributed by atoms with van der Waals surface area (Å²) in [5, 5.41) is 2.87. The lowest BCUT2D eigenvalue weighted by Crippen LogP contribution is -2.35. The molecule has 0 aliphatic carbocycles. The Morgan fingerprint density at radius 3 is 2.44 bits per heavy atom. The number of benzene rings is 2. The molecule has 2 rings (SSSR count). The molecule has 1 unspecified atom stereocenters. The Bertz CT molecular complexity index is 754. The molecule has 0 saturated carbocycles. The summed E-state index contributed by atoms with van der Waals surface area (Å²) in [4.78, 5) is 12.2. The van der Waals surface area contributed by atoms with Crippen molar-refractivity contribution in [2.24, 2.45) is 0 Å². The first-order chi connectivity index (χ1) is 11.9. The van der Waals surface area contributed by atoms with Crippen molar-refractivity contribution >= 4 is 17.5 Å². The first-order valence-corrected chi connectivity index (χ1v) is 7.92. The number of amides is 1. The van der Waals surface area contributed by atoms with Gasteiger partial charge in [-0.05, 0) is 42.8 Å². The number of hydrogen-bond donors (Lipinski definition) is 1. The van der Waals surface area contributed by atoms with Crippen molar-refractivity contribution in [2.75, 3.05) is 14.2 Å². The van der Waals surface area contributed by atoms with Gasteiger partial charge in [0.15, 0.2) is 17.6 Å². The normalized spacial score (nSPS) is 11.6. The van der Waals surface area contributed by atoms with Gasteiger partial charge in [-0.25, -0.2) is 4.39 Å². The molecule has 25 heavy (non-hydrogen) atoms. The number of ether oxygens (including phenoxy) is 3. The van der Waals surface area contributed by atoms with Crippen molar-refractivity contribution in [3.8, 4) is 17.2 Å². The number of carbonyl (C=O) groups is 1. The molecule has 0 spiro atoms. The third-order valence-electron chi connectivity index (χ3n) is 3.48. The zero-order valence-corrected chi connectivity index (χ0v) is 14.9. The molecule has 7 heteroatoms. The van der Waals surface area contributed by atoms with E-state index in [0.717, 1.165) is 11.6 Å². The van der Waals surface area contributed by atoms with E-state index in [1.807, 2.05) is 6.07 Å². The molecule has 0 aliphatic rings. The van der Waals surface area contributed by atoms with Crippen LogP contribution in [0.15, 0.2) is 36.4 Å². The summed E-state index contributed by atoms with van der Waals surface area (Å²) in [5.74, 6) is 0.645. The molecule has 0 saturated heterocycles. The minimum atomic E-state index is -0.789. The van der Waals surface area contributed by atoms with Crippen LogP contribution in [0.3, 0.4) is 0 Å². The maximum atomic E-state index is 13.0. The van der Waals surface area contributed by atoms with Crippen molar-refractivity contribution in [1.82, 2.24) is 5.32 Å². The second-order valence-corrected chi connectivity index (χ2v) is 5.65. The van der Waals surface area contributed by atoms with E-state index in [-0.39, 0.29) is 16.7 Å². The third-order valence-corrected chi connectivity index (χ3v) is 3.78. The van der Waals surface area contributed by atoms with Crippen LogP contribution in [0.2, 0.25) is 5.02 Å². The number of hydrogen-bond acceptors (Lipinski definition) is 4. The average molecular weight is 368 g/mol. The molecule has 0 fully saturated rings. The van der Waals surface area contributed by atoms with Crippen LogP contribution in [0.4, 0.5) is 4.39 Å². The topological polar surface area (TPSA) is 56.8 Å². The van der Waals surface area contributed by atoms with Gasteiger partial charge in [0.1, 0.15) is 11.6 Å². The van der Waals surface area contributed by atoms with Crippen LogP contribution >= 0.6 is 11.6 Å². The largest absolute Gasteiger partial charge is 0.493 e. The van der Waals surface area contributed by atoms with Gasteiger partial charge in [-0.1, -0.05) is 17.7 Å². The van der Waals surface area contributed by atoms with E-state index >= 15 is 0 Å². The Morgan fingerprint density at radius 2 is 1.80 bits per heavy atom. The van der Waals surface area contributed by atoms with Crippen LogP contribution in [0, 0.1) is 5.82 Å². The van der Waals surface area contributed by atoms with Gasteiger partial charge >= 0.3 is 0 Å². The van der Waals surface area contributed by atoms with Crippen molar-refractivity contribution < 1.29 is 23.4 Å². The SMILES string of the molecule is COc1ccc(CNC(=O)C(C)Oc2ccc(F)cc2Cl)cc1OC. The molecule has 1 atom stereocenters. The second kappa shape index (κ2) is 8.58. The molecule has 0 radical (unpaired) electrons. The zero-order chi connectivity index (χ0) is 18.4. The first kappa shape index (κ1) is 18.9. The highest BCUT2D eigenvalue weighted by atomic mass is 35.5. The fraction of sp³-hybridized carbons (Fsp3) is 0.278. The Kier molecular flexibility index (Phi) is 6.47. The number of rotatable bonds is 7. The van der Waals surface area contributed by atoms with E-state index in [1.165, 1.54) is 12.1 Å². The summed E-state index contributed by atoms with van der Waals surface area (Å²) in [5.41, 5.74) is 0.845. The average Bonchev–Trinajstić information content (AvgIpc) is 2.61. The summed E-state index contributed by atoms with van der Waals surface area (Å²) in [6, 6.07) is 9.10. The fourth-order valence-corrected chi connectivity index (χ4v) is 2.35. The smallest absolute Gasteiger partial charge is 0.261 e. The van der Waals surface area contributed by atoms with E-state index in [9.17, 15) is 9.18 Å². The molecular formula is C18H19ClFNO4. The predicted molar refractivity (Wildman–Crippen MR) is 92.9 cm³/mol. The van der Waals surface area contributed by atoms with Gasteiger partial charge in [-0.3, -0.25) is 4.79 Å². The highest BCUT2D eigenvalue weighted by molar-refractivity contribution is 6.32. The van der Waals surface area contributed by atoms with Gasteiger partial charge in [0.2, 0.25) is 0 Å². The highest BCUT2D eigenvalue weighted by Gasteiger charge is 2.16. The highest BCUT2D eigenvalue weighted by Crippen LogP contribution is 2.28. The Balaban J connectivity index is 1.95. The molecule has 0 aliphatic heterocycles. The molecule has 1 N–H and O–H groups in total. The molecule has 5 nitrogen and oxygen atoms in total. The van der Waals surface area contributed by atoms with E-state index in [4.69, 9.17) is 25.8 Å². The molecule has 134 valence electrons. The van der Waals surface area contributed by atoms with E-state index in [0.29, 0.717) is 18.0 Å². The summed E-state index contributed by atoms with van der Waals surface area (Å²) >= 11 is 5.89. The van der Waals surface area contributed by atoms with Crippen molar-refractivity contribution in [3.63, 3.8) is 0 Å². The lowest BCUT2D eigenvalue weighted by atomic mass is 10.2. The number of methoxy groups -OCH3 is 2. The van der Waals surface area contributed by atoms with Crippen LogP contribution in [-0.4, -0.2) is 26.2 Å². The van der Waals surface area contributed by atoms with Crippen LogP contribution in [0.5, 0.6) is 17.2 Å². The van der Waals surface area contributed by atoms with Crippen molar-refractivity contribution in [1.29, 1.82) is 0 Å². The number of halogens is 2. The number of nitrogens with one attached hydrogen (secondary N) is 1. The van der Waals surface area contributed by atoms with Crippen LogP contribution in [-0.2, 0) is 11.3 Å². The Hall–Kier alpha value is -2.47. The van der Waals surface area contributed by atoms with E-state index < -0.39 is 11.9 Å². The lowest BCUT2D eigenvalue weighted by molar-refractivity contribution is -0.127. The third kappa shape index (κ3) is 5.00. The standard InChI is InChI=1S/C18H19ClFNO4/c1-11(25-15-7-5-13(20)9-14(15)19)18(22)21-10-12-4-6-16(23-2)17(8-12)24-3/h4-9,11H,10H2,1-3H3,(H,21,22). The van der Waals surface area contributed by atoms with Crippen molar-refractivity contribution in [3.05, 3.63) is 52.8 Å². The van der Waals surface area contributed by atoms with Gasteiger partial charge in [-0.15, -0.1) is 0 Å². The van der Waals surface area contributed by atoms with Gasteiger partial charge in [0.05, 0.1) is 19.2 Å². The summed E-state index contributed by atoms with van der Waals surface area (Å²) in [7, 11) is 3.10. The predicted octanol–water partition coefficient (Wildman–Crippen LogP) is 3.58. The molecule has 1 amide bonds. The molecule has 0 heterocycles. The fourth-order valence-electron chi connectivity index (χ4n) is 2.14. The Labute approximate surface area is 150 Å². The van der Waals surface area contributed by atoms with Gasteiger partial charge in [0.25, 0.3) is 5.91 Å². The van der Waals surface area contributed by atoms with Gasteiger partial charge in [-0.2, -0.15) is 0 Å². The zero-order valence-electron chi connectivity index (χ0n) is 14.1. The molecule has 0 bridgehead atoms. The van der Waals surface area contributed by atoms with Gasteiger partial charge < -0.3 is 19.5 Å². The lowest BCUT2D eigenvalue weighted by Gasteiger charge is -2.16. The summed E-state index contributed by atoms with van der Waals surface area (Å²) in [6.45, 7) is 1.88. The minimum absolute atomic E-state index is 0.111. The second-order valence-electron chi connectivity index (χ2n) is 5.24. The molecule has 2 aromatic rings. The maximum absolute atomic E-state index is 13.0. The van der Waals surface area contributed by atoms with Crippen molar-refractivity contribution in [2.45, 2.75) is 19.6 Å². The summed E-state index contributed by atoms with van der Waals surface area (Å²) in [6.07, 6.45) is -0.789.